The maximum Gasteiger partial charge on any atom is 0.309 e. The lowest BCUT2D eigenvalue weighted by atomic mass is 9.71. The van der Waals surface area contributed by atoms with Crippen LogP contribution in [0.15, 0.2) is 30.9 Å². The van der Waals surface area contributed by atoms with Crippen molar-refractivity contribution < 1.29 is 236 Å². The molecule has 1 aromatic carbocycles. The Morgan fingerprint density at radius 1 is 0.540 bits per heavy atom. The van der Waals surface area contributed by atoms with Crippen molar-refractivity contribution in [3.8, 4) is 0 Å². The number of nitrogens with zero attached hydrogens (tertiary/aromatic N) is 1. The Hall–Kier alpha value is -5.08. The van der Waals surface area contributed by atoms with E-state index in [1.807, 2.05) is 32.0 Å². The van der Waals surface area contributed by atoms with Crippen LogP contribution in [0.2, 0.25) is 0 Å². The zero-order valence-electron chi connectivity index (χ0n) is 83.8. The SMILES string of the molecule is C.C=CC[C@H]1C(=O)C(C)(C)[C@@H](O)CC(=O)O[C@H](c2ccc3sc(C)nc3c2)C[C@@H]2O[C@]2(C)CCC[C@H](C)[C@@H]1OC(=O)CCCCCN.CCC(CSCC1O[C@@H]2O[C@@H]3C(CO)O[C@H](O[C@@H]4C(CO)O[C@H](O[C@@H]5C(CO)O[C@H](O[C@@H]6C(CSCC(CC(=O)CCOCCOCCC(C)=O)C(=O)O)O[C@H](O[C@@H]7C(CO)O[C@H](O[C@@H]8C(CO)O[C@H](O[C@H]1[C@H](O)C2O)C(O)[C@H]8O)C(O)[C@H]7O)C(O)[C@H]6O)C(O)[C@H]5O)C(O)[C@H]4O)C(O)[C@H]3O)C(=O)O. The van der Waals surface area contributed by atoms with Crippen LogP contribution in [0.4, 0.5) is 0 Å². The molecular formula is C97H154N2O48S3. The molecule has 44 atom stereocenters. The van der Waals surface area contributed by atoms with Crippen LogP contribution in [0.25, 0.3) is 10.2 Å². The highest BCUT2D eigenvalue weighted by atomic mass is 32.2. The molecule has 14 bridgehead atoms. The van der Waals surface area contributed by atoms with E-state index in [1.54, 1.807) is 38.2 Å². The molecule has 0 radical (unpaired) electrons. The van der Waals surface area contributed by atoms with E-state index in [0.29, 0.717) is 19.4 Å². The number of aromatic nitrogens is 1. The van der Waals surface area contributed by atoms with Crippen LogP contribution in [-0.4, -0.2) is 486 Å². The second-order valence-corrected chi connectivity index (χ2v) is 43.3. The molecule has 0 amide bonds. The summed E-state index contributed by atoms with van der Waals surface area (Å²) in [5.41, 5.74) is 5.57. The molecule has 23 aliphatic heterocycles. The number of carboxylic acid groups (broad SMARTS) is 2. The van der Waals surface area contributed by atoms with Gasteiger partial charge in [0.05, 0.1) is 134 Å². The number of fused-ring (bicyclic) bond motifs is 2. The van der Waals surface area contributed by atoms with Crippen LogP contribution in [0.1, 0.15) is 156 Å². The molecule has 53 heteroatoms. The van der Waals surface area contributed by atoms with Crippen molar-refractivity contribution >= 4 is 86.3 Å². The lowest BCUT2D eigenvalue weighted by Crippen LogP contribution is -2.68. The summed E-state index contributed by atoms with van der Waals surface area (Å²) in [5.74, 6) is -8.82. The summed E-state index contributed by atoms with van der Waals surface area (Å²) in [6.45, 7) is 11.5. The Morgan fingerprint density at radius 3 is 1.31 bits per heavy atom. The number of rotatable bonds is 36. The number of carbonyl (C=O) groups is 7. The zero-order chi connectivity index (χ0) is 109. The minimum absolute atomic E-state index is 0. The lowest BCUT2D eigenvalue weighted by molar-refractivity contribution is -0.395. The minimum atomic E-state index is -2.31. The smallest absolute Gasteiger partial charge is 0.309 e. The second-order valence-electron chi connectivity index (χ2n) is 40.0. The van der Waals surface area contributed by atoms with E-state index in [2.05, 4.69) is 18.5 Å². The summed E-state index contributed by atoms with van der Waals surface area (Å²) in [6, 6.07) is 5.91. The zero-order valence-corrected chi connectivity index (χ0v) is 86.3. The summed E-state index contributed by atoms with van der Waals surface area (Å²) in [6.07, 6.45) is -68.5. The average Bonchev–Trinajstić information content (AvgIpc) is 1.55. The number of ether oxygens (including phenoxy) is 19. The molecule has 2 aromatic rings. The lowest BCUT2D eigenvalue weighted by Gasteiger charge is -2.50. The first-order valence-electron chi connectivity index (χ1n) is 50.3. The fourth-order valence-electron chi connectivity index (χ4n) is 19.4. The molecule has 23 aliphatic rings. The number of thioether (sulfide) groups is 2. The van der Waals surface area contributed by atoms with Gasteiger partial charge in [-0.2, -0.15) is 23.5 Å². The van der Waals surface area contributed by atoms with Gasteiger partial charge in [-0.3, -0.25) is 33.6 Å². The van der Waals surface area contributed by atoms with Gasteiger partial charge in [0.1, 0.15) is 188 Å². The number of esters is 2. The van der Waals surface area contributed by atoms with Crippen molar-refractivity contribution in [2.75, 3.05) is 89.0 Å². The number of hydrogen-bond donors (Lipinski definition) is 23. The number of aliphatic hydroxyl groups is 20. The predicted molar refractivity (Wildman–Crippen MR) is 519 cm³/mol. The molecule has 24 heterocycles. The second kappa shape index (κ2) is 58.6. The quantitative estimate of drug-likeness (QED) is 0.0133. The monoisotopic (exact) mass is 2210 g/mol. The van der Waals surface area contributed by atoms with Crippen LogP contribution in [0.3, 0.4) is 0 Å². The number of unbranched alkanes of at least 4 members (excludes halogenated alkanes) is 2. The number of aryl methyl sites for hydroxylation is 1. The topological polar surface area (TPSA) is 782 Å². The molecule has 150 heavy (non-hydrogen) atoms. The molecule has 24 N–H and O–H groups in total. The number of Topliss-reactive ketones (excluding diaryl/α,β-unsaturated/α-hetero) is 3. The van der Waals surface area contributed by atoms with Gasteiger partial charge in [0, 0.05) is 55.1 Å². The first-order valence-corrected chi connectivity index (χ1v) is 53.4. The highest BCUT2D eigenvalue weighted by molar-refractivity contribution is 7.99. The Balaban J connectivity index is 0.000000406. The first-order chi connectivity index (χ1) is 70.8. The highest BCUT2D eigenvalue weighted by Crippen LogP contribution is 2.49. The third kappa shape index (κ3) is 32.0. The van der Waals surface area contributed by atoms with E-state index in [9.17, 15) is 146 Å². The first kappa shape index (κ1) is 127. The fourth-order valence-corrected chi connectivity index (χ4v) is 22.7. The van der Waals surface area contributed by atoms with Crippen molar-refractivity contribution in [1.82, 2.24) is 4.98 Å². The standard InChI is InChI=1S/C60H98O41S2.C36H52N2O7S.CH4/c1-3-21(52(82)83)16-102-18-29-50-36(73)43(80)59(93-29)98-48-27(14-64)89-55(39(76)32(48)69)95-45-24(11-61)88-54(38(75)31(45)68)96-46-26(13-63)92-58(42(79)35(46)72)101-51-30(19-103-17-22(53(84)85)10-23(67)5-7-87-9-8-86-6-4-20(2)66)94-60(44(81)37(51)74)99-49-28(15-65)90-56(40(77)33(49)70)97-47-25(12-62)91-57(100-50)41(78)34(47)71;1-7-12-25-33(44-31(40)14-9-8-10-18-37)22(2)13-11-17-36(6)30(45-36)20-27(24-15-16-28-26(19-24)38-23(3)46-28)43-32(41)21-29(39)35(4,5)34(25)42;/h21-22,24-51,54-65,68-81H,3-19H2,1-2H3,(H,82,83)(H,84,85);7,15-16,19,22,25,27,29-30,33,39H,1,8-14,17-18,20-21,37H2,2-6H3;1H4/t21?,22?,24?,25?,26?,27?,28?,29?,30?,31-,32-,33-,34-,35-,36-,37-,38?,39?,40?,41?,42?,43?,44?,45-,46-,47-,48-,49-,50-,51-,54-,55-,56-,57-,58-,59-,60-;22-,25+,27-,29-,30-,33-,36+;/m10./s1. The van der Waals surface area contributed by atoms with Crippen LogP contribution in [0, 0.1) is 36.0 Å². The van der Waals surface area contributed by atoms with Crippen LogP contribution in [0.5, 0.6) is 0 Å². The third-order valence-corrected chi connectivity index (χ3v) is 32.0. The summed E-state index contributed by atoms with van der Waals surface area (Å²) < 4.78 is 113. The van der Waals surface area contributed by atoms with Gasteiger partial charge in [-0.15, -0.1) is 17.9 Å². The van der Waals surface area contributed by atoms with Crippen molar-refractivity contribution in [1.29, 1.82) is 0 Å². The van der Waals surface area contributed by atoms with Gasteiger partial charge >= 0.3 is 23.9 Å². The summed E-state index contributed by atoms with van der Waals surface area (Å²) >= 11 is 3.33. The largest absolute Gasteiger partial charge is 0.481 e. The number of allylic oxidation sites excluding steroid dienone is 1. The van der Waals surface area contributed by atoms with Crippen molar-refractivity contribution in [3.63, 3.8) is 0 Å². The van der Waals surface area contributed by atoms with Crippen LogP contribution >= 0.6 is 34.9 Å². The van der Waals surface area contributed by atoms with Gasteiger partial charge in [-0.05, 0) is 89.5 Å². The molecule has 23 fully saturated rings. The van der Waals surface area contributed by atoms with E-state index in [0.717, 1.165) is 76.4 Å². The Morgan fingerprint density at radius 2 is 0.933 bits per heavy atom. The normalized spacial score (nSPS) is 40.3. The number of aliphatic hydroxyl groups excluding tert-OH is 20. The number of carbonyl (C=O) groups excluding carboxylic acids is 5. The van der Waals surface area contributed by atoms with Crippen molar-refractivity contribution in [2.45, 2.75) is 391 Å². The molecule has 23 saturated heterocycles. The van der Waals surface area contributed by atoms with E-state index in [1.165, 1.54) is 6.92 Å². The molecule has 0 saturated carbocycles. The van der Waals surface area contributed by atoms with Gasteiger partial charge < -0.3 is 208 Å². The molecule has 0 spiro atoms. The van der Waals surface area contributed by atoms with E-state index >= 15 is 0 Å². The molecule has 25 rings (SSSR count). The van der Waals surface area contributed by atoms with Crippen molar-refractivity contribution in [3.05, 3.63) is 41.4 Å². The number of nitrogens with two attached hydrogens (primary N) is 1. The molecule has 16 unspecified atom stereocenters. The number of carboxylic acids is 2. The van der Waals surface area contributed by atoms with Gasteiger partial charge in [-0.1, -0.05) is 60.1 Å². The number of ketones is 3. The molecule has 50 nitrogen and oxygen atoms in total. The number of aliphatic carboxylic acids is 2. The maximum absolute atomic E-state index is 14.2. The van der Waals surface area contributed by atoms with E-state index < -0.39 is 325 Å². The summed E-state index contributed by atoms with van der Waals surface area (Å²) in [7, 11) is 0. The van der Waals surface area contributed by atoms with Crippen LogP contribution < -0.4 is 5.73 Å². The minimum Gasteiger partial charge on any atom is -0.481 e. The summed E-state index contributed by atoms with van der Waals surface area (Å²) in [4.78, 5) is 94.1. The van der Waals surface area contributed by atoms with Gasteiger partial charge in [0.25, 0.3) is 0 Å². The highest BCUT2D eigenvalue weighted by Gasteiger charge is 2.62. The Bertz CT molecular complexity index is 4530. The molecule has 858 valence electrons. The third-order valence-electron chi connectivity index (χ3n) is 28.6. The van der Waals surface area contributed by atoms with Gasteiger partial charge in [-0.25, -0.2) is 4.98 Å². The number of epoxide rings is 1. The predicted octanol–water partition coefficient (Wildman–Crippen LogP) is -4.41. The van der Waals surface area contributed by atoms with Gasteiger partial charge in [0.2, 0.25) is 0 Å². The molecule has 0 aliphatic carbocycles. The fraction of sp³-hybridized carbons (Fsp3) is 0.835. The maximum atomic E-state index is 14.2. The number of benzene rings is 1. The number of hydrogen-bond acceptors (Lipinski definition) is 51. The summed E-state index contributed by atoms with van der Waals surface area (Å²) in [5, 5.41) is 249. The van der Waals surface area contributed by atoms with E-state index in [-0.39, 0.29) is 125 Å². The van der Waals surface area contributed by atoms with Crippen LogP contribution in [-0.2, 0) is 124 Å². The Kier molecular flexibility index (Phi) is 49.5. The number of cyclic esters (lactones) is 1. The molecule has 1 aromatic heterocycles. The molecular weight excluding hydrogens is 2060 g/mol. The van der Waals surface area contributed by atoms with E-state index in [4.69, 9.17) is 95.7 Å². The van der Waals surface area contributed by atoms with Crippen molar-refractivity contribution in [2.24, 2.45) is 34.8 Å². The number of thiazole rings is 1. The van der Waals surface area contributed by atoms with Gasteiger partial charge in [0.15, 0.2) is 44.0 Å². The average molecular weight is 2210 g/mol. The Labute approximate surface area is 878 Å².